The molecule has 2 N–H and O–H groups in total. The van der Waals surface area contributed by atoms with E-state index in [4.69, 9.17) is 52.1 Å². The van der Waals surface area contributed by atoms with Crippen molar-refractivity contribution in [3.63, 3.8) is 0 Å². The lowest BCUT2D eigenvalue weighted by Gasteiger charge is -2.48. The van der Waals surface area contributed by atoms with Gasteiger partial charge >= 0.3 is 5.97 Å². The van der Waals surface area contributed by atoms with Crippen molar-refractivity contribution in [3.8, 4) is 0 Å². The van der Waals surface area contributed by atoms with Gasteiger partial charge in [-0.2, -0.15) is 0 Å². The number of aliphatic hydroxyl groups is 2. The van der Waals surface area contributed by atoms with Crippen molar-refractivity contribution in [1.29, 1.82) is 0 Å². The predicted molar refractivity (Wildman–Crippen MR) is 232 cm³/mol. The summed E-state index contributed by atoms with van der Waals surface area (Å²) >= 11 is 0. The van der Waals surface area contributed by atoms with Gasteiger partial charge in [0.25, 0.3) is 0 Å². The van der Waals surface area contributed by atoms with Crippen LogP contribution in [-0.2, 0) is 56.9 Å². The monoisotopic (exact) mass is 887 g/mol. The molecule has 20 unspecified atom stereocenters. The second-order valence-corrected chi connectivity index (χ2v) is 19.2. The Morgan fingerprint density at radius 1 is 0.857 bits per heavy atom. The second-order valence-electron chi connectivity index (χ2n) is 19.2. The van der Waals surface area contributed by atoms with E-state index in [1.54, 1.807) is 34.3 Å². The number of fused-ring (bicyclic) bond motifs is 2. The Labute approximate surface area is 374 Å². The van der Waals surface area contributed by atoms with E-state index in [2.05, 4.69) is 46.8 Å². The zero-order chi connectivity index (χ0) is 45.4. The minimum Gasteiger partial charge on any atom is -0.462 e. The number of ether oxygens (including phenoxy) is 11. The van der Waals surface area contributed by atoms with Crippen molar-refractivity contribution in [2.75, 3.05) is 27.9 Å². The first-order valence-corrected chi connectivity index (χ1v) is 23.2. The Bertz CT molecular complexity index is 1740. The fourth-order valence-electron chi connectivity index (χ4n) is 10.9. The van der Waals surface area contributed by atoms with Gasteiger partial charge in [0.15, 0.2) is 18.4 Å². The van der Waals surface area contributed by atoms with Gasteiger partial charge in [0.05, 0.1) is 49.3 Å². The van der Waals surface area contributed by atoms with E-state index in [1.165, 1.54) is 0 Å². The highest BCUT2D eigenvalue weighted by Crippen LogP contribution is 2.48. The van der Waals surface area contributed by atoms with Gasteiger partial charge in [-0.1, -0.05) is 70.6 Å². The van der Waals surface area contributed by atoms with E-state index in [0.717, 1.165) is 17.6 Å². The number of esters is 1. The first-order chi connectivity index (χ1) is 30.0. The largest absolute Gasteiger partial charge is 0.462 e. The van der Waals surface area contributed by atoms with Crippen LogP contribution in [0.4, 0.5) is 0 Å². The number of hydrogen-bond donors (Lipinski definition) is 2. The lowest BCUT2D eigenvalue weighted by Crippen LogP contribution is -2.58. The molecule has 0 aromatic rings. The molecule has 0 aromatic heterocycles. The average Bonchev–Trinajstić information content (AvgIpc) is 3.59. The molecule has 1 spiro atoms. The van der Waals surface area contributed by atoms with E-state index in [9.17, 15) is 15.0 Å². The maximum absolute atomic E-state index is 14.5. The Kier molecular flexibility index (Phi) is 15.7. The summed E-state index contributed by atoms with van der Waals surface area (Å²) in [6.45, 7) is 16.4. The third-order valence-electron chi connectivity index (χ3n) is 14.7. The second kappa shape index (κ2) is 20.3. The van der Waals surface area contributed by atoms with E-state index >= 15 is 0 Å². The molecule has 6 aliphatic heterocycles. The summed E-state index contributed by atoms with van der Waals surface area (Å²) in [5, 5.41) is 23.2. The van der Waals surface area contributed by atoms with E-state index in [0.29, 0.717) is 37.7 Å². The van der Waals surface area contributed by atoms with Crippen LogP contribution in [-0.4, -0.2) is 141 Å². The molecule has 20 atom stereocenters. The molecule has 4 fully saturated rings. The Morgan fingerprint density at radius 2 is 1.57 bits per heavy atom. The first kappa shape index (κ1) is 48.6. The molecular formula is C49H74O14. The Balaban J connectivity index is 1.19. The molecule has 4 saturated heterocycles. The SMILES string of the molecule is CCC(C)C1OC2(C=CC1C)CC1CC(CC=C(C)C(OC3CC(OC)C(OC4CC(OC)C(O)C(C)O4)C(C)O3)C(C)C=CC=C3COC4C(OC)C(C)=CC(C(=O)O1)C34O)O2. The van der Waals surface area contributed by atoms with Crippen LogP contribution in [0.2, 0.25) is 0 Å². The maximum Gasteiger partial charge on any atom is 0.316 e. The fraction of sp³-hybridized carbons (Fsp3) is 0.776. The van der Waals surface area contributed by atoms with Crippen LogP contribution in [0, 0.1) is 23.7 Å². The van der Waals surface area contributed by atoms with Crippen molar-refractivity contribution in [2.24, 2.45) is 23.7 Å². The highest BCUT2D eigenvalue weighted by atomic mass is 16.7. The van der Waals surface area contributed by atoms with Gasteiger partial charge in [0.1, 0.15) is 42.0 Å². The third kappa shape index (κ3) is 10.0. The Morgan fingerprint density at radius 3 is 2.29 bits per heavy atom. The topological polar surface area (TPSA) is 159 Å². The van der Waals surface area contributed by atoms with Crippen LogP contribution < -0.4 is 0 Å². The third-order valence-corrected chi connectivity index (χ3v) is 14.7. The first-order valence-electron chi connectivity index (χ1n) is 23.2. The number of carbonyl (C=O) groups excluding carboxylic acids is 1. The van der Waals surface area contributed by atoms with Gasteiger partial charge in [-0.25, -0.2) is 0 Å². The number of hydrogen-bond acceptors (Lipinski definition) is 14. The van der Waals surface area contributed by atoms with Crippen LogP contribution in [0.5, 0.6) is 0 Å². The number of methoxy groups -OCH3 is 3. The molecule has 63 heavy (non-hydrogen) atoms. The molecule has 1 aliphatic carbocycles. The summed E-state index contributed by atoms with van der Waals surface area (Å²) in [6, 6.07) is 0. The minimum absolute atomic E-state index is 0.0805. The number of allylic oxidation sites excluding steroid dienone is 2. The summed E-state index contributed by atoms with van der Waals surface area (Å²) in [5.41, 5.74) is 0.626. The molecular weight excluding hydrogens is 813 g/mol. The quantitative estimate of drug-likeness (QED) is 0.204. The summed E-state index contributed by atoms with van der Waals surface area (Å²) in [6.07, 6.45) is 9.95. The van der Waals surface area contributed by atoms with E-state index < -0.39 is 90.8 Å². The Hall–Kier alpha value is -2.31. The molecule has 0 amide bonds. The molecule has 354 valence electrons. The van der Waals surface area contributed by atoms with E-state index in [-0.39, 0.29) is 42.7 Å². The molecule has 2 bridgehead atoms. The minimum atomic E-state index is -1.71. The predicted octanol–water partition coefficient (Wildman–Crippen LogP) is 6.03. The van der Waals surface area contributed by atoms with E-state index in [1.807, 2.05) is 38.2 Å². The molecule has 0 saturated carbocycles. The standard InChI is InChI=1S/C49H74O14/c1-12-26(2)43-29(5)18-19-48(63-43)24-35-21-34(62-48)17-16-28(4)42(60-40-23-38(54-10)45(32(8)58-40)61-39-22-37(53-9)41(50)31(7)57-39)27(3)14-13-15-33-25-56-46-44(55-11)30(6)20-36(47(51)59-35)49(33,46)52/h13-16,18-20,26-27,29,31-32,34-46,50,52H,12,17,21-25H2,1-11H3. The molecule has 14 heteroatoms. The van der Waals surface area contributed by atoms with Crippen LogP contribution in [0.25, 0.3) is 0 Å². The summed E-state index contributed by atoms with van der Waals surface area (Å²) in [7, 11) is 4.82. The van der Waals surface area contributed by atoms with Crippen LogP contribution in [0.3, 0.4) is 0 Å². The van der Waals surface area contributed by atoms with Crippen LogP contribution in [0.15, 0.2) is 59.3 Å². The van der Waals surface area contributed by atoms with Gasteiger partial charge in [-0.05, 0) is 62.8 Å². The molecule has 6 heterocycles. The van der Waals surface area contributed by atoms with Gasteiger partial charge in [0.2, 0.25) is 0 Å². The van der Waals surface area contributed by atoms with Gasteiger partial charge in [-0.15, -0.1) is 0 Å². The summed E-state index contributed by atoms with van der Waals surface area (Å²) in [4.78, 5) is 14.5. The van der Waals surface area contributed by atoms with Crippen molar-refractivity contribution in [3.05, 3.63) is 59.3 Å². The number of rotatable bonds is 9. The van der Waals surface area contributed by atoms with Crippen molar-refractivity contribution < 1.29 is 67.1 Å². The van der Waals surface area contributed by atoms with Crippen LogP contribution in [0.1, 0.15) is 93.9 Å². The lowest BCUT2D eigenvalue weighted by molar-refractivity contribution is -0.318. The number of aliphatic hydroxyl groups excluding tert-OH is 1. The molecule has 7 aliphatic rings. The van der Waals surface area contributed by atoms with Crippen LogP contribution >= 0.6 is 0 Å². The summed E-state index contributed by atoms with van der Waals surface area (Å²) in [5.74, 6) is -2.35. The lowest BCUT2D eigenvalue weighted by atomic mass is 9.70. The van der Waals surface area contributed by atoms with Crippen molar-refractivity contribution in [1.82, 2.24) is 0 Å². The molecule has 0 radical (unpaired) electrons. The normalized spacial score (nSPS) is 46.4. The molecule has 0 aromatic carbocycles. The average molecular weight is 887 g/mol. The highest BCUT2D eigenvalue weighted by molar-refractivity contribution is 5.78. The van der Waals surface area contributed by atoms with Gasteiger partial charge in [-0.3, -0.25) is 4.79 Å². The maximum atomic E-state index is 14.5. The van der Waals surface area contributed by atoms with Crippen molar-refractivity contribution in [2.45, 2.75) is 191 Å². The van der Waals surface area contributed by atoms with Gasteiger partial charge < -0.3 is 62.3 Å². The summed E-state index contributed by atoms with van der Waals surface area (Å²) < 4.78 is 70.0. The zero-order valence-corrected chi connectivity index (χ0v) is 39.2. The zero-order valence-electron chi connectivity index (χ0n) is 39.2. The molecule has 7 rings (SSSR count). The smallest absolute Gasteiger partial charge is 0.316 e. The van der Waals surface area contributed by atoms with Gasteiger partial charge in [0, 0.05) is 58.8 Å². The molecule has 14 nitrogen and oxygen atoms in total. The highest BCUT2D eigenvalue weighted by Gasteiger charge is 2.60. The number of carbonyl (C=O) groups is 1. The fourth-order valence-corrected chi connectivity index (χ4v) is 10.9. The van der Waals surface area contributed by atoms with Crippen molar-refractivity contribution >= 4 is 5.97 Å².